The Labute approximate surface area is 132 Å². The molecule has 5 nitrogen and oxygen atoms in total. The van der Waals surface area contributed by atoms with Crippen molar-refractivity contribution in [3.05, 3.63) is 29.3 Å². The first-order valence-electron chi connectivity index (χ1n) is 6.83. The van der Waals surface area contributed by atoms with Crippen LogP contribution in [0.5, 0.6) is 0 Å². The highest BCUT2D eigenvalue weighted by atomic mass is 32.2. The van der Waals surface area contributed by atoms with Crippen molar-refractivity contribution in [3.8, 4) is 6.07 Å². The van der Waals surface area contributed by atoms with Crippen LogP contribution in [0.4, 0.5) is 13.2 Å². The molecule has 1 saturated heterocycles. The minimum Gasteiger partial charge on any atom is -0.396 e. The van der Waals surface area contributed by atoms with Crippen LogP contribution in [-0.2, 0) is 16.2 Å². The van der Waals surface area contributed by atoms with E-state index in [-0.39, 0.29) is 31.5 Å². The summed E-state index contributed by atoms with van der Waals surface area (Å²) < 4.78 is 65.0. The van der Waals surface area contributed by atoms with Crippen LogP contribution in [0.25, 0.3) is 0 Å². The quantitative estimate of drug-likeness (QED) is 0.903. The smallest absolute Gasteiger partial charge is 0.396 e. The second-order valence-corrected chi connectivity index (χ2v) is 7.50. The molecule has 0 amide bonds. The summed E-state index contributed by atoms with van der Waals surface area (Å²) in [5, 5.41) is 18.0. The van der Waals surface area contributed by atoms with E-state index in [0.717, 1.165) is 16.4 Å². The number of halogens is 3. The molecule has 0 radical (unpaired) electrons. The number of nitriles is 1. The second kappa shape index (κ2) is 6.11. The van der Waals surface area contributed by atoms with Gasteiger partial charge >= 0.3 is 6.18 Å². The molecule has 1 aliphatic rings. The molecule has 9 heteroatoms. The van der Waals surface area contributed by atoms with E-state index in [1.807, 2.05) is 0 Å². The normalized spacial score (nSPS) is 23.0. The Bertz CT molecular complexity index is 741. The highest BCUT2D eigenvalue weighted by Gasteiger charge is 2.39. The van der Waals surface area contributed by atoms with Crippen molar-refractivity contribution < 1.29 is 26.7 Å². The van der Waals surface area contributed by atoms with E-state index < -0.39 is 32.2 Å². The molecule has 2 rings (SSSR count). The molecule has 2 atom stereocenters. The summed E-state index contributed by atoms with van der Waals surface area (Å²) in [6, 6.07) is 3.76. The third kappa shape index (κ3) is 3.34. The molecule has 0 unspecified atom stereocenters. The van der Waals surface area contributed by atoms with Crippen LogP contribution in [0.15, 0.2) is 23.1 Å². The standard InChI is InChI=1S/C14H15F3N2O3S/c1-9-6-19(7-11(9)8-20)23(21,22)12-3-2-10(5-18)13(4-12)14(15,16)17/h2-4,9,11,20H,6-8H2,1H3/t9-,11+/m1/s1. The fourth-order valence-electron chi connectivity index (χ4n) is 2.59. The largest absolute Gasteiger partial charge is 0.417 e. The third-order valence-electron chi connectivity index (χ3n) is 4.02. The van der Waals surface area contributed by atoms with E-state index in [1.54, 1.807) is 6.92 Å². The average Bonchev–Trinajstić information content (AvgIpc) is 2.87. The number of hydrogen-bond acceptors (Lipinski definition) is 4. The van der Waals surface area contributed by atoms with Gasteiger partial charge in [0.2, 0.25) is 10.0 Å². The van der Waals surface area contributed by atoms with Crippen LogP contribution >= 0.6 is 0 Å². The van der Waals surface area contributed by atoms with Crippen molar-refractivity contribution in [2.75, 3.05) is 19.7 Å². The van der Waals surface area contributed by atoms with E-state index in [0.29, 0.717) is 6.07 Å². The molecule has 0 aromatic heterocycles. The third-order valence-corrected chi connectivity index (χ3v) is 5.85. The number of sulfonamides is 1. The topological polar surface area (TPSA) is 81.4 Å². The molecule has 1 aromatic carbocycles. The van der Waals surface area contributed by atoms with Gasteiger partial charge in [0, 0.05) is 19.7 Å². The maximum atomic E-state index is 13.0. The van der Waals surface area contributed by atoms with E-state index in [4.69, 9.17) is 5.26 Å². The number of alkyl halides is 3. The fourth-order valence-corrected chi connectivity index (χ4v) is 4.21. The van der Waals surface area contributed by atoms with Gasteiger partial charge in [-0.15, -0.1) is 0 Å². The van der Waals surface area contributed by atoms with Crippen molar-refractivity contribution >= 4 is 10.0 Å². The summed E-state index contributed by atoms with van der Waals surface area (Å²) in [4.78, 5) is -0.505. The molecular formula is C14H15F3N2O3S. The number of aliphatic hydroxyl groups excluding tert-OH is 1. The SMILES string of the molecule is C[C@@H]1CN(S(=O)(=O)c2ccc(C#N)c(C(F)(F)F)c2)C[C@H]1CO. The van der Waals surface area contributed by atoms with Crippen LogP contribution in [0, 0.1) is 23.2 Å². The lowest BCUT2D eigenvalue weighted by Gasteiger charge is -2.18. The van der Waals surface area contributed by atoms with Crippen LogP contribution < -0.4 is 0 Å². The Morgan fingerprint density at radius 3 is 2.52 bits per heavy atom. The van der Waals surface area contributed by atoms with E-state index in [2.05, 4.69) is 0 Å². The summed E-state index contributed by atoms with van der Waals surface area (Å²) in [6.45, 7) is 1.78. The molecule has 1 aliphatic heterocycles. The number of aliphatic hydroxyl groups is 1. The molecule has 1 heterocycles. The van der Waals surface area contributed by atoms with Gasteiger partial charge in [-0.2, -0.15) is 22.7 Å². The Kier molecular flexibility index (Phi) is 4.71. The molecule has 0 bridgehead atoms. The van der Waals surface area contributed by atoms with Crippen molar-refractivity contribution in [3.63, 3.8) is 0 Å². The molecule has 126 valence electrons. The molecular weight excluding hydrogens is 333 g/mol. The van der Waals surface area contributed by atoms with Gasteiger partial charge in [-0.3, -0.25) is 0 Å². The Hall–Kier alpha value is -1.63. The minimum absolute atomic E-state index is 0.0569. The maximum absolute atomic E-state index is 13.0. The summed E-state index contributed by atoms with van der Waals surface area (Å²) in [6.07, 6.45) is -4.82. The molecule has 23 heavy (non-hydrogen) atoms. The van der Waals surface area contributed by atoms with Crippen LogP contribution in [0.2, 0.25) is 0 Å². The van der Waals surface area contributed by atoms with Gasteiger partial charge < -0.3 is 5.11 Å². The number of rotatable bonds is 3. The summed E-state index contributed by atoms with van der Waals surface area (Å²) in [5.74, 6) is -0.333. The first-order valence-corrected chi connectivity index (χ1v) is 8.27. The highest BCUT2D eigenvalue weighted by Crippen LogP contribution is 2.35. The summed E-state index contributed by atoms with van der Waals surface area (Å²) in [5.41, 5.74) is -1.90. The first kappa shape index (κ1) is 17.7. The number of benzene rings is 1. The number of hydrogen-bond donors (Lipinski definition) is 1. The van der Waals surface area contributed by atoms with Gasteiger partial charge in [-0.25, -0.2) is 8.42 Å². The average molecular weight is 348 g/mol. The lowest BCUT2D eigenvalue weighted by atomic mass is 10.00. The van der Waals surface area contributed by atoms with Gasteiger partial charge in [0.25, 0.3) is 0 Å². The van der Waals surface area contributed by atoms with Crippen molar-refractivity contribution in [1.82, 2.24) is 4.31 Å². The monoisotopic (exact) mass is 348 g/mol. The Morgan fingerprint density at radius 2 is 2.04 bits per heavy atom. The van der Waals surface area contributed by atoms with Gasteiger partial charge in [0.1, 0.15) is 0 Å². The van der Waals surface area contributed by atoms with E-state index in [9.17, 15) is 26.7 Å². The molecule has 1 aromatic rings. The van der Waals surface area contributed by atoms with Gasteiger partial charge in [0.05, 0.1) is 22.1 Å². The lowest BCUT2D eigenvalue weighted by molar-refractivity contribution is -0.137. The van der Waals surface area contributed by atoms with Crippen LogP contribution in [-0.4, -0.2) is 37.5 Å². The Morgan fingerprint density at radius 1 is 1.39 bits per heavy atom. The summed E-state index contributed by atoms with van der Waals surface area (Å²) in [7, 11) is -4.11. The van der Waals surface area contributed by atoms with E-state index >= 15 is 0 Å². The predicted octanol–water partition coefficient (Wildman–Crippen LogP) is 1.83. The zero-order valence-electron chi connectivity index (χ0n) is 12.2. The maximum Gasteiger partial charge on any atom is 0.417 e. The molecule has 0 spiro atoms. The second-order valence-electron chi connectivity index (χ2n) is 5.56. The lowest BCUT2D eigenvalue weighted by Crippen LogP contribution is -2.29. The first-order chi connectivity index (χ1) is 10.6. The molecule has 0 saturated carbocycles. The molecule has 0 aliphatic carbocycles. The number of nitrogens with zero attached hydrogens (tertiary/aromatic N) is 2. The summed E-state index contributed by atoms with van der Waals surface area (Å²) >= 11 is 0. The van der Waals surface area contributed by atoms with E-state index in [1.165, 1.54) is 6.07 Å². The van der Waals surface area contributed by atoms with Gasteiger partial charge in [-0.05, 0) is 30.0 Å². The minimum atomic E-state index is -4.82. The van der Waals surface area contributed by atoms with Crippen molar-refractivity contribution in [1.29, 1.82) is 5.26 Å². The highest BCUT2D eigenvalue weighted by molar-refractivity contribution is 7.89. The van der Waals surface area contributed by atoms with Gasteiger partial charge in [-0.1, -0.05) is 6.92 Å². The predicted molar refractivity (Wildman–Crippen MR) is 74.7 cm³/mol. The molecule has 1 fully saturated rings. The molecule has 1 N–H and O–H groups in total. The zero-order valence-corrected chi connectivity index (χ0v) is 13.0. The van der Waals surface area contributed by atoms with Crippen molar-refractivity contribution in [2.24, 2.45) is 11.8 Å². The van der Waals surface area contributed by atoms with Gasteiger partial charge in [0.15, 0.2) is 0 Å². The fraction of sp³-hybridized carbons (Fsp3) is 0.500. The Balaban J connectivity index is 2.44. The van der Waals surface area contributed by atoms with Crippen LogP contribution in [0.1, 0.15) is 18.1 Å². The van der Waals surface area contributed by atoms with Crippen molar-refractivity contribution in [2.45, 2.75) is 18.0 Å². The zero-order chi connectivity index (χ0) is 17.4. The van der Waals surface area contributed by atoms with Crippen LogP contribution in [0.3, 0.4) is 0 Å².